The van der Waals surface area contributed by atoms with Crippen LogP contribution in [0.25, 0.3) is 4.83 Å². The largest absolute Gasteiger partial charge is 0.350 e. The van der Waals surface area contributed by atoms with Crippen LogP contribution in [0.3, 0.4) is 0 Å². The summed E-state index contributed by atoms with van der Waals surface area (Å²) in [6, 6.07) is 9.46. The fourth-order valence-electron chi connectivity index (χ4n) is 3.60. The summed E-state index contributed by atoms with van der Waals surface area (Å²) in [5.74, 6) is -0.0451. The summed E-state index contributed by atoms with van der Waals surface area (Å²) < 4.78 is 1.25. The van der Waals surface area contributed by atoms with Crippen LogP contribution in [0.2, 0.25) is 10.0 Å². The summed E-state index contributed by atoms with van der Waals surface area (Å²) in [6.07, 6.45) is 2.17. The molecule has 1 unspecified atom stereocenters. The van der Waals surface area contributed by atoms with Crippen molar-refractivity contribution in [2.75, 3.05) is 11.4 Å². The van der Waals surface area contributed by atoms with Gasteiger partial charge < -0.3 is 10.2 Å². The van der Waals surface area contributed by atoms with Gasteiger partial charge in [0, 0.05) is 13.1 Å². The standard InChI is InChI=1S/C20H20Cl2N4O2S/c1-2-13-15(21)18(28)26-19(16(13)22)29-20(24-26)25-10-6-9-14(25)17(27)23-11-12-7-4-3-5-8-12/h3-5,7-8,14H,2,6,9-11H2,1H3,(H,23,27). The zero-order valence-corrected chi connectivity index (χ0v) is 18.2. The SMILES string of the molecule is CCc1c(Cl)c(=O)n2nc(N3CCCC3C(=O)NCc3ccccc3)sc2c1Cl. The van der Waals surface area contributed by atoms with Crippen LogP contribution >= 0.6 is 34.5 Å². The highest BCUT2D eigenvalue weighted by molar-refractivity contribution is 7.21. The van der Waals surface area contributed by atoms with E-state index in [4.69, 9.17) is 23.2 Å². The van der Waals surface area contributed by atoms with Gasteiger partial charge in [-0.2, -0.15) is 4.52 Å². The molecule has 9 heteroatoms. The Balaban J connectivity index is 1.61. The predicted octanol–water partition coefficient (Wildman–Crippen LogP) is 3.91. The molecule has 4 rings (SSSR count). The van der Waals surface area contributed by atoms with Crippen LogP contribution in [-0.2, 0) is 17.8 Å². The van der Waals surface area contributed by atoms with Gasteiger partial charge in [0.15, 0.2) is 0 Å². The number of hydrogen-bond acceptors (Lipinski definition) is 5. The van der Waals surface area contributed by atoms with Gasteiger partial charge in [0.2, 0.25) is 11.0 Å². The topological polar surface area (TPSA) is 66.7 Å². The van der Waals surface area contributed by atoms with Crippen molar-refractivity contribution >= 4 is 50.4 Å². The molecular formula is C20H20Cl2N4O2S. The van der Waals surface area contributed by atoms with Crippen molar-refractivity contribution in [2.45, 2.75) is 38.8 Å². The molecule has 1 aliphatic heterocycles. The quantitative estimate of drug-likeness (QED) is 0.639. The van der Waals surface area contributed by atoms with Gasteiger partial charge in [-0.15, -0.1) is 5.10 Å². The average Bonchev–Trinajstić information content (AvgIpc) is 3.39. The number of fused-ring (bicyclic) bond motifs is 1. The minimum Gasteiger partial charge on any atom is -0.350 e. The first-order valence-corrected chi connectivity index (χ1v) is 11.1. The maximum atomic E-state index is 12.8. The lowest BCUT2D eigenvalue weighted by Crippen LogP contribution is -2.43. The fraction of sp³-hybridized carbons (Fsp3) is 0.350. The van der Waals surface area contributed by atoms with E-state index in [0.717, 1.165) is 18.4 Å². The number of amides is 1. The summed E-state index contributed by atoms with van der Waals surface area (Å²) in [4.78, 5) is 27.9. The third kappa shape index (κ3) is 3.74. The van der Waals surface area contributed by atoms with Gasteiger partial charge in [0.05, 0.1) is 5.02 Å². The second kappa shape index (κ2) is 8.34. The van der Waals surface area contributed by atoms with Crippen molar-refractivity contribution < 1.29 is 4.79 Å². The first-order valence-electron chi connectivity index (χ1n) is 9.49. The third-order valence-corrected chi connectivity index (χ3v) is 7.11. The molecule has 1 amide bonds. The Hall–Kier alpha value is -2.09. The maximum absolute atomic E-state index is 12.8. The molecule has 1 saturated heterocycles. The zero-order valence-electron chi connectivity index (χ0n) is 15.8. The van der Waals surface area contributed by atoms with E-state index in [1.807, 2.05) is 42.2 Å². The number of halogens is 2. The number of aromatic nitrogens is 2. The predicted molar refractivity (Wildman–Crippen MR) is 117 cm³/mol. The summed E-state index contributed by atoms with van der Waals surface area (Å²) in [7, 11) is 0. The number of nitrogens with one attached hydrogen (secondary N) is 1. The molecule has 1 atom stereocenters. The highest BCUT2D eigenvalue weighted by Crippen LogP contribution is 2.35. The molecule has 2 aromatic heterocycles. The highest BCUT2D eigenvalue weighted by atomic mass is 35.5. The van der Waals surface area contributed by atoms with E-state index >= 15 is 0 Å². The van der Waals surface area contributed by atoms with Crippen LogP contribution in [0.15, 0.2) is 35.1 Å². The molecule has 1 fully saturated rings. The number of carbonyl (C=O) groups is 1. The van der Waals surface area contributed by atoms with E-state index in [2.05, 4.69) is 10.4 Å². The van der Waals surface area contributed by atoms with Gasteiger partial charge in [0.25, 0.3) is 5.56 Å². The van der Waals surface area contributed by atoms with Crippen molar-refractivity contribution in [3.8, 4) is 0 Å². The fourth-order valence-corrected chi connectivity index (χ4v) is 5.44. The summed E-state index contributed by atoms with van der Waals surface area (Å²) in [6.45, 7) is 3.08. The monoisotopic (exact) mass is 450 g/mol. The molecule has 1 aromatic carbocycles. The number of benzene rings is 1. The van der Waals surface area contributed by atoms with Gasteiger partial charge in [-0.3, -0.25) is 9.59 Å². The third-order valence-electron chi connectivity index (χ3n) is 5.13. The van der Waals surface area contributed by atoms with Gasteiger partial charge >= 0.3 is 0 Å². The molecule has 0 radical (unpaired) electrons. The summed E-state index contributed by atoms with van der Waals surface area (Å²) in [5.41, 5.74) is 1.30. The second-order valence-electron chi connectivity index (χ2n) is 6.92. The number of pyridine rings is 1. The number of rotatable bonds is 5. The van der Waals surface area contributed by atoms with Crippen LogP contribution in [0, 0.1) is 0 Å². The van der Waals surface area contributed by atoms with Gasteiger partial charge in [-0.05, 0) is 30.4 Å². The lowest BCUT2D eigenvalue weighted by molar-refractivity contribution is -0.122. The number of carbonyl (C=O) groups excluding carboxylic acids is 1. The lowest BCUT2D eigenvalue weighted by Gasteiger charge is -2.22. The molecule has 1 N–H and O–H groups in total. The van der Waals surface area contributed by atoms with E-state index in [0.29, 0.717) is 40.1 Å². The molecule has 152 valence electrons. The molecular weight excluding hydrogens is 431 g/mol. The Kier molecular flexibility index (Phi) is 5.81. The highest BCUT2D eigenvalue weighted by Gasteiger charge is 2.33. The Morgan fingerprint density at radius 1 is 1.28 bits per heavy atom. The van der Waals surface area contributed by atoms with E-state index in [1.54, 1.807) is 0 Å². The van der Waals surface area contributed by atoms with Gasteiger partial charge in [-0.25, -0.2) is 0 Å². The first kappa shape index (κ1) is 20.2. The molecule has 6 nitrogen and oxygen atoms in total. The van der Waals surface area contributed by atoms with E-state index in [-0.39, 0.29) is 22.5 Å². The molecule has 0 bridgehead atoms. The Morgan fingerprint density at radius 3 is 2.76 bits per heavy atom. The van der Waals surface area contributed by atoms with Crippen LogP contribution < -0.4 is 15.8 Å². The molecule has 3 aromatic rings. The summed E-state index contributed by atoms with van der Waals surface area (Å²) >= 11 is 14.0. The Morgan fingerprint density at radius 2 is 2.03 bits per heavy atom. The minimum absolute atomic E-state index is 0.0451. The second-order valence-corrected chi connectivity index (χ2v) is 8.63. The van der Waals surface area contributed by atoms with E-state index in [9.17, 15) is 9.59 Å². The molecule has 1 aliphatic rings. The van der Waals surface area contributed by atoms with Crippen molar-refractivity contribution in [3.05, 3.63) is 61.9 Å². The summed E-state index contributed by atoms with van der Waals surface area (Å²) in [5, 5.41) is 8.60. The Bertz CT molecular complexity index is 1110. The number of hydrogen-bond donors (Lipinski definition) is 1. The first-order chi connectivity index (χ1) is 14.0. The van der Waals surface area contributed by atoms with Gasteiger partial charge in [-0.1, -0.05) is 71.8 Å². The van der Waals surface area contributed by atoms with Crippen LogP contribution in [0.5, 0.6) is 0 Å². The van der Waals surface area contributed by atoms with E-state index < -0.39 is 0 Å². The smallest absolute Gasteiger partial charge is 0.291 e. The van der Waals surface area contributed by atoms with Crippen LogP contribution in [-0.4, -0.2) is 28.1 Å². The van der Waals surface area contributed by atoms with Crippen LogP contribution in [0.4, 0.5) is 5.13 Å². The maximum Gasteiger partial charge on any atom is 0.291 e. The van der Waals surface area contributed by atoms with Crippen molar-refractivity contribution in [2.24, 2.45) is 0 Å². The van der Waals surface area contributed by atoms with Crippen molar-refractivity contribution in [1.29, 1.82) is 0 Å². The molecule has 0 spiro atoms. The van der Waals surface area contributed by atoms with E-state index in [1.165, 1.54) is 15.9 Å². The number of nitrogens with zero attached hydrogens (tertiary/aromatic N) is 3. The van der Waals surface area contributed by atoms with Crippen molar-refractivity contribution in [1.82, 2.24) is 14.9 Å². The molecule has 29 heavy (non-hydrogen) atoms. The number of anilines is 1. The zero-order chi connectivity index (χ0) is 20.5. The lowest BCUT2D eigenvalue weighted by atomic mass is 10.2. The molecule has 0 saturated carbocycles. The normalized spacial score (nSPS) is 16.5. The van der Waals surface area contributed by atoms with Crippen LogP contribution in [0.1, 0.15) is 30.9 Å². The molecule has 0 aliphatic carbocycles. The molecule has 3 heterocycles. The Labute approximate surface area is 182 Å². The average molecular weight is 451 g/mol. The van der Waals surface area contributed by atoms with Gasteiger partial charge in [0.1, 0.15) is 15.9 Å². The minimum atomic E-state index is -0.380. The van der Waals surface area contributed by atoms with Crippen molar-refractivity contribution in [3.63, 3.8) is 0 Å².